The molecule has 3 amide bonds. The van der Waals surface area contributed by atoms with E-state index in [2.05, 4.69) is 42.3 Å². The number of hydrogen-bond acceptors (Lipinski definition) is 10. The minimum absolute atomic E-state index is 0.00762. The highest BCUT2D eigenvalue weighted by molar-refractivity contribution is 5.96. The van der Waals surface area contributed by atoms with Gasteiger partial charge in [0.25, 0.3) is 11.8 Å². The molecule has 0 radical (unpaired) electrons. The zero-order chi connectivity index (χ0) is 34.9. The van der Waals surface area contributed by atoms with Crippen molar-refractivity contribution < 1.29 is 42.9 Å². The largest absolute Gasteiger partial charge is 0.484 e. The van der Waals surface area contributed by atoms with E-state index in [1.165, 1.54) is 13.3 Å². The molecule has 2 aromatic rings. The summed E-state index contributed by atoms with van der Waals surface area (Å²) in [7, 11) is 1.29. The fraction of sp³-hybridized carbons (Fsp3) is 0.514. The number of carbonyl (C=O) groups is 4. The number of aromatic nitrogens is 1. The van der Waals surface area contributed by atoms with E-state index in [1.807, 2.05) is 0 Å². The summed E-state index contributed by atoms with van der Waals surface area (Å²) in [6.07, 6.45) is 9.09. The number of esters is 1. The molecule has 3 rings (SSSR count). The second-order valence-corrected chi connectivity index (χ2v) is 12.4. The fourth-order valence-corrected chi connectivity index (χ4v) is 4.71. The molecule has 0 bridgehead atoms. The Morgan fingerprint density at radius 1 is 1.08 bits per heavy atom. The molecule has 1 atom stereocenters. The van der Waals surface area contributed by atoms with Gasteiger partial charge in [-0.3, -0.25) is 14.4 Å². The Labute approximate surface area is 282 Å². The van der Waals surface area contributed by atoms with Crippen molar-refractivity contribution in [2.24, 2.45) is 5.41 Å². The number of rotatable bonds is 17. The van der Waals surface area contributed by atoms with Crippen LogP contribution in [0.4, 0.5) is 0 Å². The van der Waals surface area contributed by atoms with Gasteiger partial charge in [-0.25, -0.2) is 9.78 Å². The predicted molar refractivity (Wildman–Crippen MR) is 176 cm³/mol. The first-order valence-corrected chi connectivity index (χ1v) is 15.9. The minimum atomic E-state index is -0.768. The summed E-state index contributed by atoms with van der Waals surface area (Å²) < 4.78 is 27.2. The Morgan fingerprint density at radius 2 is 1.83 bits per heavy atom. The van der Waals surface area contributed by atoms with Crippen molar-refractivity contribution >= 4 is 23.7 Å². The van der Waals surface area contributed by atoms with Gasteiger partial charge in [0.05, 0.1) is 25.4 Å². The maximum Gasteiger partial charge on any atom is 0.328 e. The fourth-order valence-electron chi connectivity index (χ4n) is 4.71. The maximum absolute atomic E-state index is 12.8. The highest BCUT2D eigenvalue weighted by Crippen LogP contribution is 2.25. The summed E-state index contributed by atoms with van der Waals surface area (Å²) in [4.78, 5) is 55.3. The molecule has 0 aliphatic carbocycles. The lowest BCUT2D eigenvalue weighted by molar-refractivity contribution is -0.143. The van der Waals surface area contributed by atoms with Crippen LogP contribution in [0.2, 0.25) is 0 Å². The molecule has 1 fully saturated rings. The highest BCUT2D eigenvalue weighted by atomic mass is 16.5. The zero-order valence-corrected chi connectivity index (χ0v) is 28.1. The third-order valence-electron chi connectivity index (χ3n) is 7.35. The van der Waals surface area contributed by atoms with Crippen molar-refractivity contribution in [3.05, 3.63) is 48.2 Å². The molecule has 13 heteroatoms. The summed E-state index contributed by atoms with van der Waals surface area (Å²) in [5.74, 6) is 2.08. The molecule has 2 heterocycles. The van der Waals surface area contributed by atoms with Crippen molar-refractivity contribution in [2.75, 3.05) is 53.2 Å². The lowest BCUT2D eigenvalue weighted by Crippen LogP contribution is -2.43. The summed E-state index contributed by atoms with van der Waals surface area (Å²) >= 11 is 0. The molecule has 0 unspecified atom stereocenters. The smallest absolute Gasteiger partial charge is 0.328 e. The Balaban J connectivity index is 1.37. The van der Waals surface area contributed by atoms with E-state index in [-0.39, 0.29) is 54.6 Å². The first-order valence-electron chi connectivity index (χ1n) is 15.9. The molecule has 0 saturated carbocycles. The molecule has 13 nitrogen and oxygen atoms in total. The van der Waals surface area contributed by atoms with Crippen LogP contribution in [0.3, 0.4) is 0 Å². The summed E-state index contributed by atoms with van der Waals surface area (Å²) in [6.45, 7) is 7.91. The minimum Gasteiger partial charge on any atom is -0.484 e. The number of pyridine rings is 1. The molecule has 0 spiro atoms. The van der Waals surface area contributed by atoms with Gasteiger partial charge in [-0.05, 0) is 49.3 Å². The van der Waals surface area contributed by atoms with Crippen LogP contribution in [0.25, 0.3) is 0 Å². The normalized spacial score (nSPS) is 13.9. The molecule has 1 aliphatic rings. The Kier molecular flexibility index (Phi) is 15.1. The average Bonchev–Trinajstić information content (AvgIpc) is 3.07. The van der Waals surface area contributed by atoms with Crippen molar-refractivity contribution in [3.8, 4) is 29.7 Å². The van der Waals surface area contributed by atoms with E-state index in [0.29, 0.717) is 57.0 Å². The molecule has 1 aliphatic heterocycles. The lowest BCUT2D eigenvalue weighted by atomic mass is 9.88. The van der Waals surface area contributed by atoms with Crippen LogP contribution in [0.15, 0.2) is 42.6 Å². The molecule has 48 heavy (non-hydrogen) atoms. The van der Waals surface area contributed by atoms with Crippen molar-refractivity contribution in [1.82, 2.24) is 20.5 Å². The molecule has 1 aromatic carbocycles. The maximum atomic E-state index is 12.8. The molecule has 260 valence electrons. The van der Waals surface area contributed by atoms with E-state index in [0.717, 1.165) is 6.42 Å². The standard InChI is InChI=1S/C35H46N4O9/c1-6-19-45-24-32(41)39-17-13-26(14-18-39)46-20-16-36-30(40)23-47-27-8-7-9-28(21-27)48-31-11-10-25(22-37-31)33(42)38-29(34(43)44-5)12-15-35(2,3)4/h1,7-11,21-22,26,29H,12-20,23-24H2,2-5H3,(H,36,40)(H,38,42)/t29-/m0/s1. The molecule has 1 saturated heterocycles. The first-order chi connectivity index (χ1) is 23.0. The number of methoxy groups -OCH3 is 1. The second kappa shape index (κ2) is 19.2. The number of carbonyl (C=O) groups excluding carboxylic acids is 4. The predicted octanol–water partition coefficient (Wildman–Crippen LogP) is 3.12. The van der Waals surface area contributed by atoms with Crippen LogP contribution < -0.4 is 20.1 Å². The quantitative estimate of drug-likeness (QED) is 0.146. The monoisotopic (exact) mass is 666 g/mol. The Morgan fingerprint density at radius 3 is 2.50 bits per heavy atom. The first kappa shape index (κ1) is 37.8. The van der Waals surface area contributed by atoms with Crippen LogP contribution in [0.5, 0.6) is 17.4 Å². The number of benzene rings is 1. The number of ether oxygens (including phenoxy) is 5. The van der Waals surface area contributed by atoms with Gasteiger partial charge in [-0.2, -0.15) is 0 Å². The number of terminal acetylenes is 1. The average molecular weight is 667 g/mol. The van der Waals surface area contributed by atoms with Crippen molar-refractivity contribution in [1.29, 1.82) is 0 Å². The van der Waals surface area contributed by atoms with Gasteiger partial charge in [-0.1, -0.05) is 32.8 Å². The third kappa shape index (κ3) is 13.6. The van der Waals surface area contributed by atoms with Crippen LogP contribution in [-0.2, 0) is 28.6 Å². The van der Waals surface area contributed by atoms with Crippen molar-refractivity contribution in [2.45, 2.75) is 58.6 Å². The van der Waals surface area contributed by atoms with E-state index < -0.39 is 17.9 Å². The molecular formula is C35H46N4O9. The summed E-state index contributed by atoms with van der Waals surface area (Å²) in [5.41, 5.74) is 0.257. The third-order valence-corrected chi connectivity index (χ3v) is 7.35. The van der Waals surface area contributed by atoms with Gasteiger partial charge in [0, 0.05) is 38.0 Å². The number of amides is 3. The number of nitrogens with one attached hydrogen (secondary N) is 2. The topological polar surface area (TPSA) is 155 Å². The Bertz CT molecular complexity index is 1390. The van der Waals surface area contributed by atoms with Gasteiger partial charge in [-0.15, -0.1) is 6.42 Å². The lowest BCUT2D eigenvalue weighted by Gasteiger charge is -2.31. The number of hydrogen-bond donors (Lipinski definition) is 2. The number of likely N-dealkylation sites (tertiary alicyclic amines) is 1. The van der Waals surface area contributed by atoms with E-state index in [9.17, 15) is 19.2 Å². The summed E-state index contributed by atoms with van der Waals surface area (Å²) in [6, 6.07) is 9.05. The van der Waals surface area contributed by atoms with E-state index >= 15 is 0 Å². The van der Waals surface area contributed by atoms with Crippen LogP contribution >= 0.6 is 0 Å². The molecule has 1 aromatic heterocycles. The number of piperidine rings is 1. The van der Waals surface area contributed by atoms with Gasteiger partial charge >= 0.3 is 5.97 Å². The van der Waals surface area contributed by atoms with Crippen LogP contribution in [0, 0.1) is 17.8 Å². The SMILES string of the molecule is C#CCOCC(=O)N1CCC(OCCNC(=O)COc2cccc(Oc3ccc(C(=O)N[C@@H](CCC(C)(C)C)C(=O)OC)cn3)c2)CC1. The van der Waals surface area contributed by atoms with Gasteiger partial charge in [0.15, 0.2) is 6.61 Å². The summed E-state index contributed by atoms with van der Waals surface area (Å²) in [5, 5.41) is 5.49. The van der Waals surface area contributed by atoms with Gasteiger partial charge in [0.2, 0.25) is 11.8 Å². The van der Waals surface area contributed by atoms with Gasteiger partial charge in [0.1, 0.15) is 30.8 Å². The van der Waals surface area contributed by atoms with Crippen LogP contribution in [-0.4, -0.2) is 98.9 Å². The highest BCUT2D eigenvalue weighted by Gasteiger charge is 2.25. The van der Waals surface area contributed by atoms with Crippen LogP contribution in [0.1, 0.15) is 56.8 Å². The molecule has 2 N–H and O–H groups in total. The number of nitrogens with zero attached hydrogens (tertiary/aromatic N) is 2. The second-order valence-electron chi connectivity index (χ2n) is 12.4. The van der Waals surface area contributed by atoms with E-state index in [1.54, 1.807) is 41.3 Å². The van der Waals surface area contributed by atoms with E-state index in [4.69, 9.17) is 30.1 Å². The van der Waals surface area contributed by atoms with Gasteiger partial charge < -0.3 is 39.2 Å². The Hall–Kier alpha value is -4.67. The van der Waals surface area contributed by atoms with Crippen molar-refractivity contribution in [3.63, 3.8) is 0 Å². The molecular weight excluding hydrogens is 620 g/mol. The zero-order valence-electron chi connectivity index (χ0n) is 28.1.